The molecule has 1 aliphatic heterocycles. The first-order valence-corrected chi connectivity index (χ1v) is 8.85. The molecule has 2 aromatic rings. The summed E-state index contributed by atoms with van der Waals surface area (Å²) < 4.78 is 5.41. The Morgan fingerprint density at radius 1 is 1.08 bits per heavy atom. The first kappa shape index (κ1) is 17.9. The predicted octanol–water partition coefficient (Wildman–Crippen LogP) is 3.02. The van der Waals surface area contributed by atoms with E-state index in [-0.39, 0.29) is 0 Å². The van der Waals surface area contributed by atoms with Crippen LogP contribution in [0.4, 0.5) is 0 Å². The van der Waals surface area contributed by atoms with Gasteiger partial charge in [0.2, 0.25) is 0 Å². The number of aliphatic hydroxyl groups is 2. The standard InChI is InChI=1S/C21H27NO3/c1-16-7-9-17(10-8-16)19(23)15-22-13-11-21(24,12-14-22)18-5-3-4-6-20(18)25-2/h3-10,19,23-24H,11-15H2,1-2H3/t19-/m0/s1. The monoisotopic (exact) mass is 341 g/mol. The third-order valence-corrected chi connectivity index (χ3v) is 5.18. The summed E-state index contributed by atoms with van der Waals surface area (Å²) in [6.45, 7) is 4.12. The number of aryl methyl sites for hydroxylation is 1. The van der Waals surface area contributed by atoms with E-state index in [1.165, 1.54) is 5.56 Å². The zero-order valence-corrected chi connectivity index (χ0v) is 15.0. The molecule has 0 saturated carbocycles. The van der Waals surface area contributed by atoms with E-state index in [4.69, 9.17) is 4.74 Å². The number of β-amino-alcohol motifs (C(OH)–C–C–N with tert-alkyl or cyclic N) is 1. The lowest BCUT2D eigenvalue weighted by Gasteiger charge is -2.39. The number of rotatable bonds is 5. The van der Waals surface area contributed by atoms with E-state index < -0.39 is 11.7 Å². The number of para-hydroxylation sites is 1. The summed E-state index contributed by atoms with van der Waals surface area (Å²) in [6.07, 6.45) is 0.764. The van der Waals surface area contributed by atoms with Crippen molar-refractivity contribution in [3.63, 3.8) is 0 Å². The van der Waals surface area contributed by atoms with Crippen molar-refractivity contribution in [3.05, 3.63) is 65.2 Å². The van der Waals surface area contributed by atoms with Crippen LogP contribution >= 0.6 is 0 Å². The third kappa shape index (κ3) is 4.03. The van der Waals surface area contributed by atoms with Crippen molar-refractivity contribution in [1.29, 1.82) is 0 Å². The van der Waals surface area contributed by atoms with Gasteiger partial charge in [-0.1, -0.05) is 48.0 Å². The topological polar surface area (TPSA) is 52.9 Å². The Bertz CT molecular complexity index is 691. The van der Waals surface area contributed by atoms with Crippen molar-refractivity contribution in [2.45, 2.75) is 31.5 Å². The van der Waals surface area contributed by atoms with Crippen molar-refractivity contribution < 1.29 is 14.9 Å². The molecule has 0 radical (unpaired) electrons. The largest absolute Gasteiger partial charge is 0.496 e. The highest BCUT2D eigenvalue weighted by Crippen LogP contribution is 2.38. The van der Waals surface area contributed by atoms with E-state index in [0.717, 1.165) is 30.0 Å². The highest BCUT2D eigenvalue weighted by atomic mass is 16.5. The number of hydrogen-bond acceptors (Lipinski definition) is 4. The Kier molecular flexibility index (Phi) is 5.42. The number of nitrogens with zero attached hydrogens (tertiary/aromatic N) is 1. The van der Waals surface area contributed by atoms with Gasteiger partial charge >= 0.3 is 0 Å². The van der Waals surface area contributed by atoms with Gasteiger partial charge in [-0.2, -0.15) is 0 Å². The summed E-state index contributed by atoms with van der Waals surface area (Å²) in [7, 11) is 1.63. The summed E-state index contributed by atoms with van der Waals surface area (Å²) in [5.74, 6) is 0.734. The van der Waals surface area contributed by atoms with E-state index in [0.29, 0.717) is 19.4 Å². The SMILES string of the molecule is COc1ccccc1C1(O)CCN(C[C@H](O)c2ccc(C)cc2)CC1. The first-order chi connectivity index (χ1) is 12.0. The Labute approximate surface area is 149 Å². The zero-order chi connectivity index (χ0) is 17.9. The molecule has 134 valence electrons. The van der Waals surface area contributed by atoms with E-state index in [1.54, 1.807) is 7.11 Å². The van der Waals surface area contributed by atoms with Gasteiger partial charge in [0, 0.05) is 25.2 Å². The molecule has 1 fully saturated rings. The highest BCUT2D eigenvalue weighted by molar-refractivity contribution is 5.38. The first-order valence-electron chi connectivity index (χ1n) is 8.85. The van der Waals surface area contributed by atoms with Gasteiger partial charge in [0.15, 0.2) is 0 Å². The molecule has 4 heteroatoms. The molecule has 1 atom stereocenters. The summed E-state index contributed by atoms with van der Waals surface area (Å²) in [5.41, 5.74) is 2.13. The number of piperidine rings is 1. The molecule has 2 N–H and O–H groups in total. The number of methoxy groups -OCH3 is 1. The molecule has 3 rings (SSSR count). The smallest absolute Gasteiger partial charge is 0.124 e. The molecule has 0 spiro atoms. The van der Waals surface area contributed by atoms with E-state index in [1.807, 2.05) is 55.5 Å². The lowest BCUT2D eigenvalue weighted by Crippen LogP contribution is -2.44. The molecule has 2 aromatic carbocycles. The summed E-state index contributed by atoms with van der Waals surface area (Å²) in [4.78, 5) is 2.22. The maximum absolute atomic E-state index is 11.1. The van der Waals surface area contributed by atoms with Crippen LogP contribution in [-0.2, 0) is 5.60 Å². The third-order valence-electron chi connectivity index (χ3n) is 5.18. The molecule has 25 heavy (non-hydrogen) atoms. The van der Waals surface area contributed by atoms with Gasteiger partial charge < -0.3 is 19.8 Å². The predicted molar refractivity (Wildman–Crippen MR) is 98.7 cm³/mol. The molecular weight excluding hydrogens is 314 g/mol. The van der Waals surface area contributed by atoms with E-state index >= 15 is 0 Å². The van der Waals surface area contributed by atoms with Crippen LogP contribution in [0.5, 0.6) is 5.75 Å². The molecule has 0 bridgehead atoms. The molecule has 0 unspecified atom stereocenters. The molecule has 1 saturated heterocycles. The molecule has 1 aliphatic rings. The number of likely N-dealkylation sites (tertiary alicyclic amines) is 1. The number of hydrogen-bond donors (Lipinski definition) is 2. The average Bonchev–Trinajstić information content (AvgIpc) is 2.64. The maximum Gasteiger partial charge on any atom is 0.124 e. The van der Waals surface area contributed by atoms with Gasteiger partial charge in [-0.15, -0.1) is 0 Å². The van der Waals surface area contributed by atoms with Crippen LogP contribution in [-0.4, -0.2) is 41.9 Å². The van der Waals surface area contributed by atoms with Gasteiger partial charge in [0.05, 0.1) is 18.8 Å². The second kappa shape index (κ2) is 7.56. The second-order valence-electron chi connectivity index (χ2n) is 6.96. The molecule has 0 aromatic heterocycles. The lowest BCUT2D eigenvalue weighted by molar-refractivity contribution is -0.0358. The molecule has 0 amide bonds. The fourth-order valence-electron chi connectivity index (χ4n) is 3.54. The number of benzene rings is 2. The summed E-state index contributed by atoms with van der Waals surface area (Å²) in [5, 5.41) is 21.6. The van der Waals surface area contributed by atoms with Crippen LogP contribution < -0.4 is 4.74 Å². The zero-order valence-electron chi connectivity index (χ0n) is 15.0. The Morgan fingerprint density at radius 2 is 1.72 bits per heavy atom. The fourth-order valence-corrected chi connectivity index (χ4v) is 3.54. The van der Waals surface area contributed by atoms with Crippen molar-refractivity contribution >= 4 is 0 Å². The van der Waals surface area contributed by atoms with Gasteiger partial charge in [-0.3, -0.25) is 0 Å². The molecule has 1 heterocycles. The van der Waals surface area contributed by atoms with Crippen LogP contribution in [0, 0.1) is 6.92 Å². The van der Waals surface area contributed by atoms with Crippen LogP contribution in [0.25, 0.3) is 0 Å². The second-order valence-corrected chi connectivity index (χ2v) is 6.96. The van der Waals surface area contributed by atoms with Crippen molar-refractivity contribution in [2.24, 2.45) is 0 Å². The van der Waals surface area contributed by atoms with Gasteiger partial charge in [0.1, 0.15) is 5.75 Å². The van der Waals surface area contributed by atoms with Crippen LogP contribution in [0.1, 0.15) is 35.6 Å². The molecule has 4 nitrogen and oxygen atoms in total. The Morgan fingerprint density at radius 3 is 2.36 bits per heavy atom. The van der Waals surface area contributed by atoms with Crippen molar-refractivity contribution in [2.75, 3.05) is 26.7 Å². The van der Waals surface area contributed by atoms with E-state index in [2.05, 4.69) is 4.90 Å². The van der Waals surface area contributed by atoms with Crippen molar-refractivity contribution in [3.8, 4) is 5.75 Å². The number of ether oxygens (including phenoxy) is 1. The summed E-state index contributed by atoms with van der Waals surface area (Å²) in [6, 6.07) is 15.7. The van der Waals surface area contributed by atoms with Gasteiger partial charge in [-0.05, 0) is 31.4 Å². The lowest BCUT2D eigenvalue weighted by atomic mass is 9.83. The fraction of sp³-hybridized carbons (Fsp3) is 0.429. The van der Waals surface area contributed by atoms with Crippen LogP contribution in [0.15, 0.2) is 48.5 Å². The van der Waals surface area contributed by atoms with Crippen LogP contribution in [0.2, 0.25) is 0 Å². The normalized spacial score (nSPS) is 18.7. The Hall–Kier alpha value is -1.88. The summed E-state index contributed by atoms with van der Waals surface area (Å²) >= 11 is 0. The molecular formula is C21H27NO3. The van der Waals surface area contributed by atoms with Crippen LogP contribution in [0.3, 0.4) is 0 Å². The minimum atomic E-state index is -0.863. The minimum Gasteiger partial charge on any atom is -0.496 e. The minimum absolute atomic E-state index is 0.502. The van der Waals surface area contributed by atoms with Gasteiger partial charge in [0.25, 0.3) is 0 Å². The molecule has 0 aliphatic carbocycles. The number of aliphatic hydroxyl groups excluding tert-OH is 1. The maximum atomic E-state index is 11.1. The van der Waals surface area contributed by atoms with Gasteiger partial charge in [-0.25, -0.2) is 0 Å². The average molecular weight is 341 g/mol. The highest BCUT2D eigenvalue weighted by Gasteiger charge is 2.36. The Balaban J connectivity index is 1.62. The quantitative estimate of drug-likeness (QED) is 0.878. The van der Waals surface area contributed by atoms with Crippen molar-refractivity contribution in [1.82, 2.24) is 4.90 Å². The van der Waals surface area contributed by atoms with E-state index in [9.17, 15) is 10.2 Å².